The van der Waals surface area contributed by atoms with E-state index in [1.165, 1.54) is 7.11 Å². The number of carbonyl (C=O) groups excluding carboxylic acids is 2. The molecule has 4 atom stereocenters. The maximum atomic E-state index is 13.2. The summed E-state index contributed by atoms with van der Waals surface area (Å²) in [6.07, 6.45) is 1.75. The number of fused-ring (bicyclic) bond motifs is 1. The Morgan fingerprint density at radius 3 is 1.62 bits per heavy atom. The third kappa shape index (κ3) is 4.35. The third-order valence-electron chi connectivity index (χ3n) is 7.75. The molecule has 6 rings (SSSR count). The topological polar surface area (TPSA) is 55.6 Å². The van der Waals surface area contributed by atoms with Crippen molar-refractivity contribution in [3.05, 3.63) is 155 Å². The number of hydrogen-bond acceptors (Lipinski definition) is 5. The predicted molar refractivity (Wildman–Crippen MR) is 149 cm³/mol. The molecule has 1 saturated heterocycles. The first-order valence-electron chi connectivity index (χ1n) is 13.1. The summed E-state index contributed by atoms with van der Waals surface area (Å²) in [4.78, 5) is 28.3. The van der Waals surface area contributed by atoms with Crippen molar-refractivity contribution in [3.63, 3.8) is 0 Å². The van der Waals surface area contributed by atoms with E-state index in [2.05, 4.69) is 41.3 Å². The van der Waals surface area contributed by atoms with Gasteiger partial charge in [0.05, 0.1) is 24.3 Å². The van der Waals surface area contributed by atoms with Crippen molar-refractivity contribution >= 4 is 11.9 Å². The van der Waals surface area contributed by atoms with Gasteiger partial charge in [0.15, 0.2) is 0 Å². The Labute approximate surface area is 228 Å². The average molecular weight is 516 g/mol. The van der Waals surface area contributed by atoms with E-state index in [-0.39, 0.29) is 18.5 Å². The summed E-state index contributed by atoms with van der Waals surface area (Å²) in [7, 11) is 1.38. The van der Waals surface area contributed by atoms with E-state index in [4.69, 9.17) is 9.47 Å². The maximum absolute atomic E-state index is 13.2. The van der Waals surface area contributed by atoms with Crippen LogP contribution in [0, 0.1) is 0 Å². The zero-order valence-corrected chi connectivity index (χ0v) is 21.6. The van der Waals surface area contributed by atoms with Gasteiger partial charge in [0.25, 0.3) is 0 Å². The van der Waals surface area contributed by atoms with Gasteiger partial charge in [0.2, 0.25) is 0 Å². The number of hydrogen-bond donors (Lipinski definition) is 0. The van der Waals surface area contributed by atoms with Crippen LogP contribution in [0.2, 0.25) is 0 Å². The van der Waals surface area contributed by atoms with E-state index < -0.39 is 23.6 Å². The molecule has 1 unspecified atom stereocenters. The maximum Gasteiger partial charge on any atom is 0.338 e. The Kier molecular flexibility index (Phi) is 6.59. The average Bonchev–Trinajstić information content (AvgIpc) is 3.74. The minimum absolute atomic E-state index is 0.133. The normalized spacial score (nSPS) is 21.7. The molecule has 2 aliphatic rings. The van der Waals surface area contributed by atoms with Gasteiger partial charge in [-0.2, -0.15) is 0 Å². The summed E-state index contributed by atoms with van der Waals surface area (Å²) in [6.45, 7) is 0. The van der Waals surface area contributed by atoms with Gasteiger partial charge in [0.1, 0.15) is 6.10 Å². The van der Waals surface area contributed by atoms with Crippen LogP contribution in [0.3, 0.4) is 0 Å². The van der Waals surface area contributed by atoms with Crippen LogP contribution in [0.15, 0.2) is 133 Å². The molecule has 0 spiro atoms. The highest BCUT2D eigenvalue weighted by molar-refractivity contribution is 5.91. The Morgan fingerprint density at radius 2 is 1.15 bits per heavy atom. The number of esters is 2. The largest absolute Gasteiger partial charge is 0.466 e. The van der Waals surface area contributed by atoms with Gasteiger partial charge in [-0.1, -0.05) is 115 Å². The number of ether oxygens (including phenoxy) is 2. The second kappa shape index (κ2) is 10.4. The summed E-state index contributed by atoms with van der Waals surface area (Å²) in [5.41, 5.74) is 3.61. The fourth-order valence-electron chi connectivity index (χ4n) is 6.06. The number of methoxy groups -OCH3 is 1. The first kappa shape index (κ1) is 24.8. The third-order valence-corrected chi connectivity index (χ3v) is 7.75. The van der Waals surface area contributed by atoms with Crippen LogP contribution in [-0.2, 0) is 19.8 Å². The molecule has 1 aliphatic heterocycles. The molecule has 1 fully saturated rings. The summed E-state index contributed by atoms with van der Waals surface area (Å²) in [6, 6.07) is 39.9. The van der Waals surface area contributed by atoms with Gasteiger partial charge in [-0.05, 0) is 28.8 Å². The molecule has 5 nitrogen and oxygen atoms in total. The van der Waals surface area contributed by atoms with E-state index in [0.717, 1.165) is 16.7 Å². The van der Waals surface area contributed by atoms with Crippen molar-refractivity contribution in [3.8, 4) is 0 Å². The van der Waals surface area contributed by atoms with Crippen molar-refractivity contribution in [2.24, 2.45) is 0 Å². The highest BCUT2D eigenvalue weighted by Crippen LogP contribution is 2.55. The van der Waals surface area contributed by atoms with Crippen LogP contribution in [0.1, 0.15) is 33.5 Å². The van der Waals surface area contributed by atoms with E-state index >= 15 is 0 Å². The lowest BCUT2D eigenvalue weighted by molar-refractivity contribution is -0.136. The molecule has 4 aromatic carbocycles. The molecule has 0 saturated carbocycles. The van der Waals surface area contributed by atoms with Crippen LogP contribution in [-0.4, -0.2) is 42.1 Å². The minimum Gasteiger partial charge on any atom is -0.466 e. The molecule has 0 amide bonds. The van der Waals surface area contributed by atoms with Crippen LogP contribution < -0.4 is 0 Å². The molecule has 5 heteroatoms. The lowest BCUT2D eigenvalue weighted by atomic mass is 9.76. The van der Waals surface area contributed by atoms with Gasteiger partial charge in [-0.25, -0.2) is 9.59 Å². The van der Waals surface area contributed by atoms with Gasteiger partial charge in [-0.3, -0.25) is 4.90 Å². The number of benzene rings is 4. The SMILES string of the molecule is COC(=O)C1=C[C@H]2[C@@H]([C@H](OC(=O)c3ccccc3)C1)N2C(c1ccccc1)(c1ccccc1)c1ccccc1. The highest BCUT2D eigenvalue weighted by atomic mass is 16.5. The van der Waals surface area contributed by atoms with Crippen LogP contribution in [0.5, 0.6) is 0 Å². The Hall–Kier alpha value is -4.48. The molecule has 4 aromatic rings. The molecule has 194 valence electrons. The Balaban J connectivity index is 1.51. The van der Waals surface area contributed by atoms with Gasteiger partial charge < -0.3 is 9.47 Å². The van der Waals surface area contributed by atoms with Crippen molar-refractivity contribution in [2.45, 2.75) is 30.1 Å². The Bertz CT molecular complexity index is 1390. The van der Waals surface area contributed by atoms with Crippen LogP contribution >= 0.6 is 0 Å². The first-order chi connectivity index (χ1) is 19.1. The molecule has 39 heavy (non-hydrogen) atoms. The molecule has 0 aromatic heterocycles. The fraction of sp³-hybridized carbons (Fsp3) is 0.176. The molecular weight excluding hydrogens is 486 g/mol. The van der Waals surface area contributed by atoms with Gasteiger partial charge in [0, 0.05) is 18.0 Å². The predicted octanol–water partition coefficient (Wildman–Crippen LogP) is 5.76. The van der Waals surface area contributed by atoms with Crippen molar-refractivity contribution < 1.29 is 19.1 Å². The zero-order valence-electron chi connectivity index (χ0n) is 21.6. The number of nitrogens with zero attached hydrogens (tertiary/aromatic N) is 1. The summed E-state index contributed by atoms with van der Waals surface area (Å²) in [5, 5.41) is 0. The molecule has 0 radical (unpaired) electrons. The summed E-state index contributed by atoms with van der Waals surface area (Å²) < 4.78 is 11.3. The Morgan fingerprint density at radius 1 is 0.692 bits per heavy atom. The molecule has 0 bridgehead atoms. The first-order valence-corrected chi connectivity index (χ1v) is 13.1. The second-order valence-corrected chi connectivity index (χ2v) is 9.89. The van der Waals surface area contributed by atoms with E-state index in [0.29, 0.717) is 11.1 Å². The fourth-order valence-corrected chi connectivity index (χ4v) is 6.06. The summed E-state index contributed by atoms with van der Waals surface area (Å²) >= 11 is 0. The van der Waals surface area contributed by atoms with Gasteiger partial charge >= 0.3 is 11.9 Å². The van der Waals surface area contributed by atoms with E-state index in [1.54, 1.807) is 12.1 Å². The molecule has 1 aliphatic carbocycles. The zero-order chi connectivity index (χ0) is 26.8. The monoisotopic (exact) mass is 515 g/mol. The van der Waals surface area contributed by atoms with Crippen LogP contribution in [0.25, 0.3) is 0 Å². The second-order valence-electron chi connectivity index (χ2n) is 9.89. The van der Waals surface area contributed by atoms with Gasteiger partial charge in [-0.15, -0.1) is 0 Å². The van der Waals surface area contributed by atoms with Crippen molar-refractivity contribution in [2.75, 3.05) is 7.11 Å². The van der Waals surface area contributed by atoms with Crippen LogP contribution in [0.4, 0.5) is 0 Å². The molecular formula is C34H29NO4. The molecule has 0 N–H and O–H groups in total. The van der Waals surface area contributed by atoms with E-state index in [1.807, 2.05) is 78.9 Å². The molecule has 1 heterocycles. The van der Waals surface area contributed by atoms with E-state index in [9.17, 15) is 9.59 Å². The number of carbonyl (C=O) groups is 2. The number of rotatable bonds is 7. The summed E-state index contributed by atoms with van der Waals surface area (Å²) in [5.74, 6) is -0.798. The lowest BCUT2D eigenvalue weighted by Crippen LogP contribution is -2.41. The standard InChI is InChI=1S/C34H29NO4/c1-38-32(36)25-22-29-31(30(23-25)39-33(37)24-14-6-2-7-15-24)35(29)34(26-16-8-3-9-17-26,27-18-10-4-11-19-27)28-20-12-5-13-21-28/h2-22,29-31H,23H2,1H3/t29-,30+,31-,35?/m0/s1. The van der Waals surface area contributed by atoms with Crippen molar-refractivity contribution in [1.82, 2.24) is 4.90 Å². The smallest absolute Gasteiger partial charge is 0.338 e. The minimum atomic E-state index is -0.682. The quantitative estimate of drug-likeness (QED) is 0.178. The highest BCUT2D eigenvalue weighted by Gasteiger charge is 2.64. The lowest BCUT2D eigenvalue weighted by Gasteiger charge is -2.39. The van der Waals surface area contributed by atoms with Crippen molar-refractivity contribution in [1.29, 1.82) is 0 Å².